The molecule has 0 N–H and O–H groups in total. The molecule has 0 radical (unpaired) electrons. The van der Waals surface area contributed by atoms with Crippen LogP contribution in [0.4, 0.5) is 0 Å². The molecule has 0 aliphatic carbocycles. The molecule has 1 unspecified atom stereocenters. The van der Waals surface area contributed by atoms with Crippen molar-refractivity contribution in [1.82, 2.24) is 30.0 Å². The van der Waals surface area contributed by atoms with Crippen LogP contribution in [0.2, 0.25) is 0 Å². The number of rotatable bonds is 6. The Balaban J connectivity index is 0.000000566. The largest absolute Gasteiger partial charge is 0.780 e. The van der Waals surface area contributed by atoms with Crippen LogP contribution < -0.4 is 0 Å². The fraction of sp³-hybridized carbons (Fsp3) is 0.367. The fourth-order valence-corrected chi connectivity index (χ4v) is 3.90. The van der Waals surface area contributed by atoms with Gasteiger partial charge in [-0.1, -0.05) is 86.6 Å². The van der Waals surface area contributed by atoms with Crippen LogP contribution in [-0.2, 0) is 22.2 Å². The first-order valence-corrected chi connectivity index (χ1v) is 13.3. The minimum absolute atomic E-state index is 0. The minimum Gasteiger partial charge on any atom is -0.780 e. The van der Waals surface area contributed by atoms with Gasteiger partial charge in [-0.05, 0) is 50.1 Å². The van der Waals surface area contributed by atoms with Crippen LogP contribution in [0, 0.1) is 54.7 Å². The first-order chi connectivity index (χ1) is 18.7. The van der Waals surface area contributed by atoms with E-state index in [-0.39, 0.29) is 59.3 Å². The van der Waals surface area contributed by atoms with Gasteiger partial charge in [-0.2, -0.15) is 4.90 Å². The van der Waals surface area contributed by atoms with E-state index in [1.165, 1.54) is 5.56 Å². The Morgan fingerprint density at radius 2 is 1.82 bits per heavy atom. The Labute approximate surface area is 277 Å². The monoisotopic (exact) mass is 690 g/mol. The second kappa shape index (κ2) is 21.3. The maximum Gasteiger partial charge on any atom is 0.243 e. The molecule has 1 amide bonds. The van der Waals surface area contributed by atoms with Crippen molar-refractivity contribution in [2.24, 2.45) is 0 Å². The molecule has 1 fully saturated rings. The number of allylic oxidation sites excluding steroid dienone is 2. The number of hydrogen-bond donors (Lipinski definition) is 0. The van der Waals surface area contributed by atoms with Gasteiger partial charge in [0.05, 0.1) is 5.69 Å². The van der Waals surface area contributed by atoms with Crippen molar-refractivity contribution in [1.29, 1.82) is 0 Å². The molecular weight excluding hydrogens is 653 g/mol. The van der Waals surface area contributed by atoms with Crippen LogP contribution >= 0.6 is 0 Å². The van der Waals surface area contributed by atoms with E-state index in [1.807, 2.05) is 62.1 Å². The summed E-state index contributed by atoms with van der Waals surface area (Å²) in [7, 11) is 0. The summed E-state index contributed by atoms with van der Waals surface area (Å²) in [4.78, 5) is 26.8. The summed E-state index contributed by atoms with van der Waals surface area (Å²) in [6.07, 6.45) is 6.84. The van der Waals surface area contributed by atoms with Crippen molar-refractivity contribution in [3.63, 3.8) is 0 Å². The Morgan fingerprint density at radius 1 is 1.18 bits per heavy atom. The van der Waals surface area contributed by atoms with Crippen molar-refractivity contribution >= 4 is 24.8 Å². The van der Waals surface area contributed by atoms with Gasteiger partial charge in [0.1, 0.15) is 12.4 Å². The summed E-state index contributed by atoms with van der Waals surface area (Å²) >= 11 is 5.05. The molecule has 0 saturated carbocycles. The van der Waals surface area contributed by atoms with Crippen molar-refractivity contribution < 1.29 is 50.4 Å². The first-order valence-electron chi connectivity index (χ1n) is 12.9. The van der Waals surface area contributed by atoms with Crippen LogP contribution in [0.25, 0.3) is 5.69 Å². The zero-order chi connectivity index (χ0) is 29.2. The van der Waals surface area contributed by atoms with Crippen LogP contribution in [0.15, 0.2) is 84.7 Å². The Kier molecular flexibility index (Phi) is 19.9. The molecule has 3 aromatic rings. The molecule has 8 nitrogen and oxygen atoms in total. The van der Waals surface area contributed by atoms with Crippen LogP contribution in [0.3, 0.4) is 0 Å². The number of benzene rings is 2. The van der Waals surface area contributed by atoms with Gasteiger partial charge in [0.25, 0.3) is 0 Å². The number of piperazine rings is 1. The van der Waals surface area contributed by atoms with Gasteiger partial charge in [-0.15, -0.1) is 11.7 Å². The van der Waals surface area contributed by atoms with Gasteiger partial charge in [0.2, 0.25) is 5.91 Å². The van der Waals surface area contributed by atoms with E-state index in [9.17, 15) is 9.59 Å². The van der Waals surface area contributed by atoms with Crippen molar-refractivity contribution in [2.75, 3.05) is 19.6 Å². The van der Waals surface area contributed by atoms with Crippen LogP contribution in [0.1, 0.15) is 44.7 Å². The molecule has 4 rings (SSSR count). The zero-order valence-electron chi connectivity index (χ0n) is 24.2. The van der Waals surface area contributed by atoms with E-state index in [2.05, 4.69) is 54.7 Å². The number of carbonyl (C=O) groups is 1. The molecule has 214 valence electrons. The summed E-state index contributed by atoms with van der Waals surface area (Å²) < 4.78 is 1.60. The number of nitrogens with zero attached hydrogens (tertiary/aromatic N) is 6. The number of aryl methyl sites for hydroxylation is 2. The topological polar surface area (TPSA) is 84.2 Å². The third-order valence-corrected chi connectivity index (χ3v) is 5.86. The quantitative estimate of drug-likeness (QED) is 0.204. The first kappa shape index (κ1) is 37.5. The number of hydrogen-bond acceptors (Lipinski definition) is 7. The number of tetrazole rings is 1. The molecule has 10 heteroatoms. The van der Waals surface area contributed by atoms with Crippen LogP contribution in [-0.4, -0.2) is 67.9 Å². The fourth-order valence-electron chi connectivity index (χ4n) is 3.73. The van der Waals surface area contributed by atoms with Gasteiger partial charge in [0, 0.05) is 59.6 Å². The maximum absolute atomic E-state index is 12.1. The molecular formula is C30H40N6NdO2S-2. The van der Waals surface area contributed by atoms with Gasteiger partial charge in [0.15, 0.2) is 0 Å². The van der Waals surface area contributed by atoms with E-state index < -0.39 is 0 Å². The van der Waals surface area contributed by atoms with E-state index in [0.717, 1.165) is 41.2 Å². The zero-order valence-corrected chi connectivity index (χ0v) is 28.2. The molecule has 1 atom stereocenters. The summed E-state index contributed by atoms with van der Waals surface area (Å²) in [5.41, 5.74) is 4.27. The Bertz CT molecular complexity index is 1160. The number of aromatic nitrogens is 4. The average Bonchev–Trinajstić information content (AvgIpc) is 3.45. The molecule has 1 aromatic heterocycles. The molecule has 1 saturated heterocycles. The van der Waals surface area contributed by atoms with Crippen LogP contribution in [0.5, 0.6) is 0 Å². The Morgan fingerprint density at radius 3 is 2.30 bits per heavy atom. The molecule has 0 spiro atoms. The summed E-state index contributed by atoms with van der Waals surface area (Å²) in [6.45, 7) is 18.6. The third-order valence-electron chi connectivity index (χ3n) is 5.61. The standard InChI is InChI=1S/C12H19N2O2.C8H8N4S.C7H8.C3H6.Nd/c1-4-5-11-12(16)13(8-9-15)6-7-14(11)10(2)3;1-6-2-3-7(13)4-8(6)12-5-9-10-11-12;1-7-5-3-2-4-6-7;1-3-2;/h11H,2,4-8H2,1,3H3;2-5,13H,1H3;2-6H,1H3;3H,1H2,2H3;/q-1;;;;/p-1. The normalized spacial score (nSPS) is 13.6. The molecule has 2 heterocycles. The smallest absolute Gasteiger partial charge is 0.243 e. The van der Waals surface area contributed by atoms with Gasteiger partial charge >= 0.3 is 0 Å². The van der Waals surface area contributed by atoms with Gasteiger partial charge < -0.3 is 27.2 Å². The number of amides is 1. The molecule has 2 aromatic carbocycles. The summed E-state index contributed by atoms with van der Waals surface area (Å²) in [5.74, 6) is 0.0273. The van der Waals surface area contributed by atoms with Crippen molar-refractivity contribution in [3.05, 3.63) is 90.9 Å². The van der Waals surface area contributed by atoms with E-state index in [4.69, 9.17) is 12.6 Å². The van der Waals surface area contributed by atoms with E-state index in [0.29, 0.717) is 6.54 Å². The second-order valence-electron chi connectivity index (χ2n) is 8.90. The summed E-state index contributed by atoms with van der Waals surface area (Å²) in [5, 5.41) is 10.9. The van der Waals surface area contributed by atoms with Crippen molar-refractivity contribution in [3.8, 4) is 5.69 Å². The third kappa shape index (κ3) is 13.2. The average molecular weight is 693 g/mol. The maximum atomic E-state index is 12.1. The molecule has 1 aliphatic rings. The van der Waals surface area contributed by atoms with Gasteiger partial charge in [-0.3, -0.25) is 4.79 Å². The Hall–Kier alpha value is -2.50. The van der Waals surface area contributed by atoms with Crippen molar-refractivity contribution in [2.45, 2.75) is 58.4 Å². The minimum atomic E-state index is -0.149. The second-order valence-corrected chi connectivity index (χ2v) is 9.37. The van der Waals surface area contributed by atoms with Gasteiger partial charge in [-0.25, -0.2) is 11.0 Å². The predicted octanol–water partition coefficient (Wildman–Crippen LogP) is 5.01. The van der Waals surface area contributed by atoms with E-state index in [1.54, 1.807) is 28.3 Å². The van der Waals surface area contributed by atoms with E-state index >= 15 is 0 Å². The SMILES string of the molecule is C=C(C)N1CCN(C[C-]=O)C(=O)C1CCC.C=CC.Cc1ccc([S-])cc1-n1cnnn1.Cc1ccccc1.[Nd]. The molecule has 40 heavy (non-hydrogen) atoms. The summed E-state index contributed by atoms with van der Waals surface area (Å²) in [6, 6.07) is 15.8. The predicted molar refractivity (Wildman–Crippen MR) is 159 cm³/mol. The molecule has 0 bridgehead atoms. The molecule has 1 aliphatic heterocycles. The number of carbonyl (C=O) groups excluding carboxylic acids is 2.